The molecule has 114 valence electrons. The van der Waals surface area contributed by atoms with E-state index in [1.807, 2.05) is 11.8 Å². The van der Waals surface area contributed by atoms with Gasteiger partial charge in [-0.1, -0.05) is 0 Å². The van der Waals surface area contributed by atoms with E-state index in [1.165, 1.54) is 19.4 Å². The van der Waals surface area contributed by atoms with Gasteiger partial charge in [0.05, 0.1) is 23.1 Å². The number of amides is 1. The number of hydrogen-bond donors (Lipinski definition) is 1. The Labute approximate surface area is 126 Å². The van der Waals surface area contributed by atoms with Gasteiger partial charge in [-0.05, 0) is 51.8 Å². The van der Waals surface area contributed by atoms with Crippen LogP contribution in [0.3, 0.4) is 0 Å². The Balaban J connectivity index is 1.76. The molecule has 1 aromatic rings. The molecule has 3 heterocycles. The van der Waals surface area contributed by atoms with Gasteiger partial charge in [-0.3, -0.25) is 9.78 Å². The van der Waals surface area contributed by atoms with Crippen molar-refractivity contribution < 1.29 is 4.79 Å². The quantitative estimate of drug-likeness (QED) is 0.851. The topological polar surface area (TPSA) is 62.5 Å². The van der Waals surface area contributed by atoms with Crippen LogP contribution in [0.15, 0.2) is 12.3 Å². The predicted octanol–water partition coefficient (Wildman–Crippen LogP) is 1.53. The Hall–Kier alpha value is -1.62. The zero-order chi connectivity index (χ0) is 15.0. The summed E-state index contributed by atoms with van der Waals surface area (Å²) < 4.78 is 0. The Kier molecular flexibility index (Phi) is 3.85. The van der Waals surface area contributed by atoms with Crippen LogP contribution in [0.1, 0.15) is 35.3 Å². The molecule has 2 N–H and O–H groups in total. The Morgan fingerprint density at radius 3 is 3.00 bits per heavy atom. The minimum absolute atomic E-state index is 0.0824. The van der Waals surface area contributed by atoms with Crippen molar-refractivity contribution in [2.45, 2.75) is 32.2 Å². The van der Waals surface area contributed by atoms with Gasteiger partial charge in [0.25, 0.3) is 5.91 Å². The minimum atomic E-state index is 0.0824. The number of carbonyl (C=O) groups excluding carboxylic acids is 1. The van der Waals surface area contributed by atoms with Crippen LogP contribution < -0.4 is 5.73 Å². The van der Waals surface area contributed by atoms with E-state index < -0.39 is 0 Å². The standard InChI is InChI=1S/C16H24N4O/c1-11-14(8-13(17)9-18-11)16(21)20-7-5-15-12(10-20)4-3-6-19(15)2/h8-9,12,15H,3-7,10,17H2,1-2H3. The van der Waals surface area contributed by atoms with Crippen LogP contribution in [0, 0.1) is 12.8 Å². The SMILES string of the molecule is Cc1ncc(N)cc1C(=O)N1CCC2C(CCCN2C)C1. The molecule has 0 aromatic carbocycles. The fraction of sp³-hybridized carbons (Fsp3) is 0.625. The summed E-state index contributed by atoms with van der Waals surface area (Å²) >= 11 is 0. The molecule has 2 unspecified atom stereocenters. The van der Waals surface area contributed by atoms with Gasteiger partial charge in [-0.25, -0.2) is 0 Å². The summed E-state index contributed by atoms with van der Waals surface area (Å²) in [6, 6.07) is 2.40. The summed E-state index contributed by atoms with van der Waals surface area (Å²) in [5.74, 6) is 0.690. The first-order valence-electron chi connectivity index (χ1n) is 7.78. The average molecular weight is 288 g/mol. The van der Waals surface area contributed by atoms with E-state index in [1.54, 1.807) is 12.3 Å². The molecule has 21 heavy (non-hydrogen) atoms. The van der Waals surface area contributed by atoms with Gasteiger partial charge >= 0.3 is 0 Å². The minimum Gasteiger partial charge on any atom is -0.397 e. The Bertz CT molecular complexity index is 545. The van der Waals surface area contributed by atoms with Crippen LogP contribution in [0.2, 0.25) is 0 Å². The van der Waals surface area contributed by atoms with Gasteiger partial charge in [-0.15, -0.1) is 0 Å². The number of aryl methyl sites for hydroxylation is 1. The second kappa shape index (κ2) is 5.64. The van der Waals surface area contributed by atoms with Crippen LogP contribution in [0.5, 0.6) is 0 Å². The van der Waals surface area contributed by atoms with Crippen molar-refractivity contribution in [2.75, 3.05) is 32.4 Å². The van der Waals surface area contributed by atoms with Gasteiger partial charge in [0.1, 0.15) is 0 Å². The van der Waals surface area contributed by atoms with E-state index in [0.29, 0.717) is 23.2 Å². The maximum absolute atomic E-state index is 12.7. The zero-order valence-electron chi connectivity index (χ0n) is 12.9. The molecule has 2 aliphatic heterocycles. The number of carbonyl (C=O) groups is 1. The molecule has 2 fully saturated rings. The molecule has 0 bridgehead atoms. The van der Waals surface area contributed by atoms with Crippen LogP contribution in [0.4, 0.5) is 5.69 Å². The number of pyridine rings is 1. The third-order valence-electron chi connectivity index (χ3n) is 4.97. The summed E-state index contributed by atoms with van der Waals surface area (Å²) in [5.41, 5.74) is 7.74. The highest BCUT2D eigenvalue weighted by molar-refractivity contribution is 5.96. The highest BCUT2D eigenvalue weighted by Crippen LogP contribution is 2.30. The summed E-state index contributed by atoms with van der Waals surface area (Å²) in [7, 11) is 2.21. The van der Waals surface area contributed by atoms with Crippen LogP contribution in [-0.2, 0) is 0 Å². The van der Waals surface area contributed by atoms with Gasteiger partial charge in [0.15, 0.2) is 0 Å². The second-order valence-electron chi connectivity index (χ2n) is 6.39. The average Bonchev–Trinajstić information content (AvgIpc) is 2.49. The van der Waals surface area contributed by atoms with Crippen molar-refractivity contribution in [1.29, 1.82) is 0 Å². The predicted molar refractivity (Wildman–Crippen MR) is 83.0 cm³/mol. The Morgan fingerprint density at radius 1 is 1.38 bits per heavy atom. The third kappa shape index (κ3) is 2.75. The van der Waals surface area contributed by atoms with E-state index in [4.69, 9.17) is 5.73 Å². The number of hydrogen-bond acceptors (Lipinski definition) is 4. The highest BCUT2D eigenvalue weighted by atomic mass is 16.2. The number of anilines is 1. The molecular formula is C16H24N4O. The van der Waals surface area contributed by atoms with Crippen molar-refractivity contribution in [2.24, 2.45) is 5.92 Å². The summed E-state index contributed by atoms with van der Waals surface area (Å²) in [4.78, 5) is 21.4. The first-order valence-corrected chi connectivity index (χ1v) is 7.78. The monoisotopic (exact) mass is 288 g/mol. The van der Waals surface area contributed by atoms with E-state index in [9.17, 15) is 4.79 Å². The molecule has 0 spiro atoms. The molecule has 2 saturated heterocycles. The van der Waals surface area contributed by atoms with Gasteiger partial charge < -0.3 is 15.5 Å². The van der Waals surface area contributed by atoms with Gasteiger partial charge in [-0.2, -0.15) is 0 Å². The number of likely N-dealkylation sites (tertiary alicyclic amines) is 2. The molecule has 0 saturated carbocycles. The van der Waals surface area contributed by atoms with Crippen molar-refractivity contribution >= 4 is 11.6 Å². The third-order valence-corrected chi connectivity index (χ3v) is 4.97. The normalized spacial score (nSPS) is 26.5. The lowest BCUT2D eigenvalue weighted by Gasteiger charge is -2.46. The fourth-order valence-corrected chi connectivity index (χ4v) is 3.77. The molecule has 2 atom stereocenters. The van der Waals surface area contributed by atoms with Gasteiger partial charge in [0, 0.05) is 19.1 Å². The zero-order valence-corrected chi connectivity index (χ0v) is 12.9. The molecule has 1 aromatic heterocycles. The molecular weight excluding hydrogens is 264 g/mol. The van der Waals surface area contributed by atoms with Crippen molar-refractivity contribution in [3.05, 3.63) is 23.5 Å². The van der Waals surface area contributed by atoms with Gasteiger partial charge in [0.2, 0.25) is 0 Å². The maximum atomic E-state index is 12.7. The Morgan fingerprint density at radius 2 is 2.19 bits per heavy atom. The number of piperidine rings is 2. The molecule has 5 nitrogen and oxygen atoms in total. The number of fused-ring (bicyclic) bond motifs is 1. The summed E-state index contributed by atoms with van der Waals surface area (Å²) in [5, 5.41) is 0. The van der Waals surface area contributed by atoms with E-state index in [-0.39, 0.29) is 5.91 Å². The molecule has 5 heteroatoms. The number of nitrogen functional groups attached to an aromatic ring is 1. The summed E-state index contributed by atoms with van der Waals surface area (Å²) in [6.45, 7) is 4.75. The highest BCUT2D eigenvalue weighted by Gasteiger charge is 2.36. The number of nitrogens with two attached hydrogens (primary N) is 1. The molecule has 1 amide bonds. The fourth-order valence-electron chi connectivity index (χ4n) is 3.77. The number of nitrogens with zero attached hydrogens (tertiary/aromatic N) is 3. The smallest absolute Gasteiger partial charge is 0.255 e. The first kappa shape index (κ1) is 14.3. The van der Waals surface area contributed by atoms with Crippen molar-refractivity contribution in [1.82, 2.24) is 14.8 Å². The molecule has 0 aliphatic carbocycles. The largest absolute Gasteiger partial charge is 0.397 e. The lowest BCUT2D eigenvalue weighted by atomic mass is 9.84. The van der Waals surface area contributed by atoms with E-state index in [0.717, 1.165) is 25.2 Å². The molecule has 0 radical (unpaired) electrons. The molecule has 2 aliphatic rings. The number of rotatable bonds is 1. The maximum Gasteiger partial charge on any atom is 0.255 e. The van der Waals surface area contributed by atoms with E-state index in [2.05, 4.69) is 16.9 Å². The molecule has 3 rings (SSSR count). The van der Waals surface area contributed by atoms with Crippen LogP contribution in [-0.4, -0.2) is 53.4 Å². The summed E-state index contributed by atoms with van der Waals surface area (Å²) in [6.07, 6.45) is 5.14. The van der Waals surface area contributed by atoms with Crippen molar-refractivity contribution in [3.8, 4) is 0 Å². The number of aromatic nitrogens is 1. The lowest BCUT2D eigenvalue weighted by molar-refractivity contribution is 0.0316. The second-order valence-corrected chi connectivity index (χ2v) is 6.39. The van der Waals surface area contributed by atoms with Crippen LogP contribution >= 0.6 is 0 Å². The lowest BCUT2D eigenvalue weighted by Crippen LogP contribution is -2.54. The van der Waals surface area contributed by atoms with Crippen molar-refractivity contribution in [3.63, 3.8) is 0 Å². The van der Waals surface area contributed by atoms with E-state index >= 15 is 0 Å². The van der Waals surface area contributed by atoms with Crippen LogP contribution in [0.25, 0.3) is 0 Å². The first-order chi connectivity index (χ1) is 10.1.